The van der Waals surface area contributed by atoms with Gasteiger partial charge in [-0.3, -0.25) is 0 Å². The van der Waals surface area contributed by atoms with Crippen LogP contribution in [0.15, 0.2) is 24.5 Å². The second-order valence-corrected chi connectivity index (χ2v) is 2.07. The predicted octanol–water partition coefficient (Wildman–Crippen LogP) is 0.291. The van der Waals surface area contributed by atoms with Crippen LogP contribution in [-0.4, -0.2) is 12.6 Å². The van der Waals surface area contributed by atoms with Gasteiger partial charge in [-0.25, -0.2) is 9.78 Å². The van der Waals surface area contributed by atoms with E-state index >= 15 is 0 Å². The number of H-pyrrole nitrogens is 1. The van der Waals surface area contributed by atoms with Crippen LogP contribution in [-0.2, 0) is 4.74 Å². The number of nitrogens with one attached hydrogen (secondary N) is 1. The number of ether oxygens (including phenoxy) is 1. The minimum Gasteiger partial charge on any atom is -0.449 e. The normalized spacial score (nSPS) is 8.58. The molecule has 0 spiro atoms. The molecule has 0 unspecified atom stereocenters. The zero-order valence-electron chi connectivity index (χ0n) is 6.41. The van der Waals surface area contributed by atoms with Crippen molar-refractivity contribution in [2.45, 2.75) is 0 Å². The van der Waals surface area contributed by atoms with Gasteiger partial charge in [-0.05, 0) is 0 Å². The molecular formula is C9H8NO2+. The third-order valence-corrected chi connectivity index (χ3v) is 1.24. The van der Waals surface area contributed by atoms with Crippen molar-refractivity contribution in [1.82, 2.24) is 0 Å². The van der Waals surface area contributed by atoms with E-state index in [2.05, 4.69) is 15.6 Å². The summed E-state index contributed by atoms with van der Waals surface area (Å²) in [5.41, 5.74) is 0.490. The lowest BCUT2D eigenvalue weighted by molar-refractivity contribution is -0.378. The average Bonchev–Trinajstić information content (AvgIpc) is 2.15. The molecule has 1 aromatic rings. The van der Waals surface area contributed by atoms with Gasteiger partial charge in [-0.2, -0.15) is 0 Å². The molecule has 0 bridgehead atoms. The van der Waals surface area contributed by atoms with Gasteiger partial charge in [0.2, 0.25) is 0 Å². The molecule has 60 valence electrons. The SMILES string of the molecule is C#CCOC(=O)c1cc[nH+]cc1. The van der Waals surface area contributed by atoms with Crippen LogP contribution in [0, 0.1) is 12.3 Å². The molecule has 0 aliphatic rings. The summed E-state index contributed by atoms with van der Waals surface area (Å²) < 4.78 is 4.69. The molecule has 1 aromatic heterocycles. The Morgan fingerprint density at radius 2 is 2.25 bits per heavy atom. The van der Waals surface area contributed by atoms with Crippen molar-refractivity contribution in [3.05, 3.63) is 30.1 Å². The first-order chi connectivity index (χ1) is 5.84. The van der Waals surface area contributed by atoms with Gasteiger partial charge in [0.15, 0.2) is 19.0 Å². The zero-order valence-corrected chi connectivity index (χ0v) is 6.41. The van der Waals surface area contributed by atoms with E-state index in [1.807, 2.05) is 0 Å². The van der Waals surface area contributed by atoms with Crippen LogP contribution < -0.4 is 4.98 Å². The summed E-state index contributed by atoms with van der Waals surface area (Å²) in [6.45, 7) is 0.0114. The maximum atomic E-state index is 11.1. The molecule has 0 aromatic carbocycles. The maximum Gasteiger partial charge on any atom is 0.339 e. The highest BCUT2D eigenvalue weighted by atomic mass is 16.5. The van der Waals surface area contributed by atoms with Gasteiger partial charge >= 0.3 is 5.97 Å². The molecule has 12 heavy (non-hydrogen) atoms. The van der Waals surface area contributed by atoms with Gasteiger partial charge in [-0.15, -0.1) is 6.42 Å². The number of aromatic amines is 1. The molecule has 0 atom stereocenters. The minimum atomic E-state index is -0.401. The fourth-order valence-electron chi connectivity index (χ4n) is 0.714. The Morgan fingerprint density at radius 3 is 2.83 bits per heavy atom. The van der Waals surface area contributed by atoms with Crippen LogP contribution in [0.1, 0.15) is 10.4 Å². The quantitative estimate of drug-likeness (QED) is 0.463. The van der Waals surface area contributed by atoms with E-state index < -0.39 is 5.97 Å². The molecule has 3 nitrogen and oxygen atoms in total. The van der Waals surface area contributed by atoms with Gasteiger partial charge in [0.1, 0.15) is 0 Å². The summed E-state index contributed by atoms with van der Waals surface area (Å²) in [4.78, 5) is 13.9. The van der Waals surface area contributed by atoms with Gasteiger partial charge in [0, 0.05) is 12.1 Å². The Morgan fingerprint density at radius 1 is 1.58 bits per heavy atom. The van der Waals surface area contributed by atoms with Gasteiger partial charge in [-0.1, -0.05) is 5.92 Å². The fourth-order valence-corrected chi connectivity index (χ4v) is 0.714. The Labute approximate surface area is 70.4 Å². The Hall–Kier alpha value is -1.82. The van der Waals surface area contributed by atoms with Crippen molar-refractivity contribution in [1.29, 1.82) is 0 Å². The largest absolute Gasteiger partial charge is 0.449 e. The van der Waals surface area contributed by atoms with Crippen LogP contribution in [0.4, 0.5) is 0 Å². The number of rotatable bonds is 2. The smallest absolute Gasteiger partial charge is 0.339 e. The number of carbonyl (C=O) groups is 1. The molecule has 0 fully saturated rings. The van der Waals surface area contributed by atoms with Crippen LogP contribution in [0.25, 0.3) is 0 Å². The zero-order chi connectivity index (χ0) is 8.81. The van der Waals surface area contributed by atoms with E-state index in [-0.39, 0.29) is 6.61 Å². The van der Waals surface area contributed by atoms with Crippen molar-refractivity contribution in [3.8, 4) is 12.3 Å². The second kappa shape index (κ2) is 4.14. The van der Waals surface area contributed by atoms with Crippen LogP contribution in [0.2, 0.25) is 0 Å². The Balaban J connectivity index is 2.61. The summed E-state index contributed by atoms with van der Waals surface area (Å²) in [6.07, 6.45) is 8.21. The molecular weight excluding hydrogens is 154 g/mol. The minimum absolute atomic E-state index is 0.0114. The molecule has 0 saturated heterocycles. The highest BCUT2D eigenvalue weighted by molar-refractivity contribution is 5.89. The molecule has 0 aliphatic carbocycles. The standard InChI is InChI=1S/C9H7NO2/c1-2-7-12-9(11)8-3-5-10-6-4-8/h1,3-6H,7H2/p+1. The first-order valence-electron chi connectivity index (χ1n) is 3.41. The van der Waals surface area contributed by atoms with E-state index in [0.717, 1.165) is 0 Å². The number of esters is 1. The molecule has 0 radical (unpaired) electrons. The summed E-state index contributed by atoms with van der Waals surface area (Å²) in [6, 6.07) is 3.25. The van der Waals surface area contributed by atoms with Crippen LogP contribution in [0.5, 0.6) is 0 Å². The van der Waals surface area contributed by atoms with Crippen molar-refractivity contribution in [2.24, 2.45) is 0 Å². The number of aromatic nitrogens is 1. The number of hydrogen-bond donors (Lipinski definition) is 0. The predicted molar refractivity (Wildman–Crippen MR) is 42.1 cm³/mol. The molecule has 0 saturated carbocycles. The molecule has 1 heterocycles. The second-order valence-electron chi connectivity index (χ2n) is 2.07. The monoisotopic (exact) mass is 162 g/mol. The summed E-state index contributed by atoms with van der Waals surface area (Å²) >= 11 is 0. The van der Waals surface area contributed by atoms with Gasteiger partial charge in [0.25, 0.3) is 0 Å². The number of hydrogen-bond acceptors (Lipinski definition) is 2. The number of terminal acetylenes is 1. The first-order valence-corrected chi connectivity index (χ1v) is 3.41. The number of pyridine rings is 1. The lowest BCUT2D eigenvalue weighted by Gasteiger charge is -1.97. The van der Waals surface area contributed by atoms with Crippen LogP contribution in [0.3, 0.4) is 0 Å². The Bertz CT molecular complexity index is 300. The molecule has 1 rings (SSSR count). The van der Waals surface area contributed by atoms with Crippen molar-refractivity contribution in [2.75, 3.05) is 6.61 Å². The summed E-state index contributed by atoms with van der Waals surface area (Å²) in [7, 11) is 0. The van der Waals surface area contributed by atoms with Crippen molar-refractivity contribution in [3.63, 3.8) is 0 Å². The highest BCUT2D eigenvalue weighted by Crippen LogP contribution is 1.96. The van der Waals surface area contributed by atoms with Gasteiger partial charge in [0.05, 0.1) is 5.56 Å². The number of carbonyl (C=O) groups excluding carboxylic acids is 1. The molecule has 3 heteroatoms. The lowest BCUT2D eigenvalue weighted by Crippen LogP contribution is -2.07. The van der Waals surface area contributed by atoms with Crippen molar-refractivity contribution >= 4 is 5.97 Å². The van der Waals surface area contributed by atoms with E-state index in [9.17, 15) is 4.79 Å². The first kappa shape index (κ1) is 8.28. The molecule has 0 amide bonds. The molecule has 0 aliphatic heterocycles. The van der Waals surface area contributed by atoms with Crippen LogP contribution >= 0.6 is 0 Å². The fraction of sp³-hybridized carbons (Fsp3) is 0.111. The third kappa shape index (κ3) is 2.10. The molecule has 1 N–H and O–H groups in total. The van der Waals surface area contributed by atoms with E-state index in [1.165, 1.54) is 0 Å². The Kier molecular flexibility index (Phi) is 2.86. The summed E-state index contributed by atoms with van der Waals surface area (Å²) in [5, 5.41) is 0. The summed E-state index contributed by atoms with van der Waals surface area (Å²) in [5.74, 6) is 1.82. The highest BCUT2D eigenvalue weighted by Gasteiger charge is 2.05. The van der Waals surface area contributed by atoms with E-state index in [1.54, 1.807) is 24.5 Å². The topological polar surface area (TPSA) is 40.4 Å². The van der Waals surface area contributed by atoms with Crippen molar-refractivity contribution < 1.29 is 14.5 Å². The van der Waals surface area contributed by atoms with Gasteiger partial charge < -0.3 is 4.74 Å². The average molecular weight is 162 g/mol. The van der Waals surface area contributed by atoms with E-state index in [0.29, 0.717) is 5.56 Å². The van der Waals surface area contributed by atoms with E-state index in [4.69, 9.17) is 6.42 Å². The lowest BCUT2D eigenvalue weighted by atomic mass is 10.3. The third-order valence-electron chi connectivity index (χ3n) is 1.24. The maximum absolute atomic E-state index is 11.1.